The van der Waals surface area contributed by atoms with Gasteiger partial charge in [0.05, 0.1) is 4.90 Å². The number of carboxylic acid groups (broad SMARTS) is 1. The van der Waals surface area contributed by atoms with Gasteiger partial charge in [0.2, 0.25) is 10.0 Å². The summed E-state index contributed by atoms with van der Waals surface area (Å²) in [5, 5.41) is 9.21. The van der Waals surface area contributed by atoms with Crippen LogP contribution in [-0.4, -0.2) is 25.5 Å². The van der Waals surface area contributed by atoms with Crippen LogP contribution in [0.25, 0.3) is 0 Å². The van der Waals surface area contributed by atoms with Crippen molar-refractivity contribution < 1.29 is 18.3 Å². The van der Waals surface area contributed by atoms with E-state index in [1.165, 1.54) is 12.1 Å². The van der Waals surface area contributed by atoms with Crippen LogP contribution in [0, 0.1) is 5.41 Å². The molecule has 0 radical (unpaired) electrons. The third-order valence-corrected chi connectivity index (χ3v) is 4.68. The Balaban J connectivity index is 3.08. The zero-order chi connectivity index (χ0) is 16.4. The van der Waals surface area contributed by atoms with Crippen LogP contribution >= 0.6 is 0 Å². The van der Waals surface area contributed by atoms with Crippen LogP contribution in [0.15, 0.2) is 29.2 Å². The van der Waals surface area contributed by atoms with Crippen molar-refractivity contribution in [2.45, 2.75) is 51.5 Å². The topological polar surface area (TPSA) is 83.5 Å². The van der Waals surface area contributed by atoms with Crippen molar-refractivity contribution in [3.63, 3.8) is 0 Å². The molecule has 0 aromatic heterocycles. The second-order valence-corrected chi connectivity index (χ2v) is 8.20. The lowest BCUT2D eigenvalue weighted by molar-refractivity contribution is -0.141. The third-order valence-electron chi connectivity index (χ3n) is 3.24. The van der Waals surface area contributed by atoms with Gasteiger partial charge in [-0.2, -0.15) is 4.72 Å². The summed E-state index contributed by atoms with van der Waals surface area (Å²) >= 11 is 0. The highest BCUT2D eigenvalue weighted by Gasteiger charge is 2.35. The summed E-state index contributed by atoms with van der Waals surface area (Å²) in [4.78, 5) is 11.3. The molecule has 0 spiro atoms. The standard InChI is InChI=1S/C15H23NO4S/c1-10(2)11-6-8-12(9-7-11)21(19,20)16-13(14(17)18)15(3,4)5/h6-10,13,16H,1-5H3,(H,17,18)/t13-/m0/s1. The van der Waals surface area contributed by atoms with Crippen molar-refractivity contribution in [2.24, 2.45) is 5.41 Å². The second-order valence-electron chi connectivity index (χ2n) is 6.48. The average molecular weight is 313 g/mol. The Kier molecular flexibility index (Phi) is 5.17. The first-order valence-electron chi connectivity index (χ1n) is 6.80. The molecule has 0 heterocycles. The summed E-state index contributed by atoms with van der Waals surface area (Å²) in [6, 6.07) is 5.30. The van der Waals surface area contributed by atoms with Gasteiger partial charge in [-0.15, -0.1) is 0 Å². The van der Waals surface area contributed by atoms with E-state index in [2.05, 4.69) is 4.72 Å². The number of hydrogen-bond donors (Lipinski definition) is 2. The SMILES string of the molecule is CC(C)c1ccc(S(=O)(=O)N[C@@H](C(=O)O)C(C)(C)C)cc1. The number of sulfonamides is 1. The predicted octanol–water partition coefficient (Wildman–Crippen LogP) is 2.59. The average Bonchev–Trinajstić information content (AvgIpc) is 2.34. The molecule has 0 amide bonds. The van der Waals surface area contributed by atoms with Crippen molar-refractivity contribution in [1.82, 2.24) is 4.72 Å². The number of carboxylic acids is 1. The smallest absolute Gasteiger partial charge is 0.322 e. The molecule has 6 heteroatoms. The summed E-state index contributed by atoms with van der Waals surface area (Å²) in [5.74, 6) is -0.888. The zero-order valence-corrected chi connectivity index (χ0v) is 13.9. The molecule has 1 rings (SSSR count). The van der Waals surface area contributed by atoms with Gasteiger partial charge in [-0.25, -0.2) is 8.42 Å². The van der Waals surface area contributed by atoms with Gasteiger partial charge in [0.1, 0.15) is 6.04 Å². The minimum absolute atomic E-state index is 0.0717. The molecule has 1 aromatic carbocycles. The number of hydrogen-bond acceptors (Lipinski definition) is 3. The fourth-order valence-corrected chi connectivity index (χ4v) is 3.25. The molecule has 0 bridgehead atoms. The van der Waals surface area contributed by atoms with Crippen LogP contribution in [0.4, 0.5) is 0 Å². The molecule has 0 unspecified atom stereocenters. The van der Waals surface area contributed by atoms with Crippen LogP contribution in [0.1, 0.15) is 46.1 Å². The Morgan fingerprint density at radius 1 is 1.14 bits per heavy atom. The lowest BCUT2D eigenvalue weighted by atomic mass is 9.88. The highest BCUT2D eigenvalue weighted by Crippen LogP contribution is 2.23. The fraction of sp³-hybridized carbons (Fsp3) is 0.533. The number of carbonyl (C=O) groups is 1. The quantitative estimate of drug-likeness (QED) is 0.875. The minimum Gasteiger partial charge on any atom is -0.480 e. The van der Waals surface area contributed by atoms with E-state index in [4.69, 9.17) is 0 Å². The van der Waals surface area contributed by atoms with E-state index in [1.807, 2.05) is 13.8 Å². The first-order valence-corrected chi connectivity index (χ1v) is 8.28. The Morgan fingerprint density at radius 3 is 1.95 bits per heavy atom. The zero-order valence-electron chi connectivity index (χ0n) is 13.0. The fourth-order valence-electron chi connectivity index (χ4n) is 1.85. The Morgan fingerprint density at radius 2 is 1.62 bits per heavy atom. The lowest BCUT2D eigenvalue weighted by Gasteiger charge is -2.27. The highest BCUT2D eigenvalue weighted by molar-refractivity contribution is 7.89. The summed E-state index contributed by atoms with van der Waals surface area (Å²) in [7, 11) is -3.86. The first-order chi connectivity index (χ1) is 9.45. The molecule has 0 aliphatic heterocycles. The van der Waals surface area contributed by atoms with E-state index in [9.17, 15) is 18.3 Å². The Labute approximate surface area is 126 Å². The summed E-state index contributed by atoms with van der Waals surface area (Å²) in [5.41, 5.74) is 0.302. The molecule has 2 N–H and O–H groups in total. The summed E-state index contributed by atoms with van der Waals surface area (Å²) in [6.45, 7) is 9.06. The van der Waals surface area contributed by atoms with Gasteiger partial charge in [-0.1, -0.05) is 46.8 Å². The van der Waals surface area contributed by atoms with E-state index in [-0.39, 0.29) is 4.90 Å². The lowest BCUT2D eigenvalue weighted by Crippen LogP contribution is -2.48. The van der Waals surface area contributed by atoms with Crippen LogP contribution in [0.2, 0.25) is 0 Å². The van der Waals surface area contributed by atoms with Gasteiger partial charge in [0.25, 0.3) is 0 Å². The minimum atomic E-state index is -3.86. The molecule has 21 heavy (non-hydrogen) atoms. The molecular formula is C15H23NO4S. The second kappa shape index (κ2) is 6.15. The molecule has 0 fully saturated rings. The van der Waals surface area contributed by atoms with Crippen molar-refractivity contribution >= 4 is 16.0 Å². The van der Waals surface area contributed by atoms with E-state index in [0.29, 0.717) is 5.92 Å². The highest BCUT2D eigenvalue weighted by atomic mass is 32.2. The Bertz CT molecular complexity index is 598. The van der Waals surface area contributed by atoms with Crippen molar-refractivity contribution in [2.75, 3.05) is 0 Å². The molecule has 0 aliphatic carbocycles. The van der Waals surface area contributed by atoms with Crippen LogP contribution in [0.3, 0.4) is 0 Å². The van der Waals surface area contributed by atoms with Crippen molar-refractivity contribution in [3.05, 3.63) is 29.8 Å². The molecule has 118 valence electrons. The molecular weight excluding hydrogens is 290 g/mol. The van der Waals surface area contributed by atoms with Gasteiger partial charge < -0.3 is 5.11 Å². The molecule has 1 aromatic rings. The Hall–Kier alpha value is -1.40. The van der Waals surface area contributed by atoms with Crippen LogP contribution in [-0.2, 0) is 14.8 Å². The molecule has 0 saturated heterocycles. The molecule has 1 atom stereocenters. The number of nitrogens with one attached hydrogen (secondary N) is 1. The van der Waals surface area contributed by atoms with Crippen molar-refractivity contribution in [3.8, 4) is 0 Å². The largest absolute Gasteiger partial charge is 0.480 e. The first kappa shape index (κ1) is 17.7. The van der Waals surface area contributed by atoms with Crippen molar-refractivity contribution in [1.29, 1.82) is 0 Å². The maximum absolute atomic E-state index is 12.3. The van der Waals surface area contributed by atoms with E-state index in [0.717, 1.165) is 5.56 Å². The molecule has 5 nitrogen and oxygen atoms in total. The predicted molar refractivity (Wildman–Crippen MR) is 81.7 cm³/mol. The monoisotopic (exact) mass is 313 g/mol. The van der Waals surface area contributed by atoms with E-state index < -0.39 is 27.4 Å². The van der Waals surface area contributed by atoms with E-state index >= 15 is 0 Å². The van der Waals surface area contributed by atoms with Gasteiger partial charge in [-0.3, -0.25) is 4.79 Å². The van der Waals surface area contributed by atoms with Gasteiger partial charge in [0, 0.05) is 0 Å². The number of rotatable bonds is 5. The number of aliphatic carboxylic acids is 1. The number of benzene rings is 1. The van der Waals surface area contributed by atoms with Crippen LogP contribution < -0.4 is 4.72 Å². The normalized spacial score (nSPS) is 14.2. The maximum Gasteiger partial charge on any atom is 0.322 e. The summed E-state index contributed by atoms with van der Waals surface area (Å²) in [6.07, 6.45) is 0. The molecule has 0 aliphatic rings. The van der Waals surface area contributed by atoms with E-state index in [1.54, 1.807) is 32.9 Å². The van der Waals surface area contributed by atoms with Crippen LogP contribution in [0.5, 0.6) is 0 Å². The summed E-state index contributed by atoms with van der Waals surface area (Å²) < 4.78 is 26.9. The van der Waals surface area contributed by atoms with Gasteiger partial charge >= 0.3 is 5.97 Å². The van der Waals surface area contributed by atoms with Gasteiger partial charge in [-0.05, 0) is 29.0 Å². The molecule has 0 saturated carbocycles. The third kappa shape index (κ3) is 4.54. The maximum atomic E-state index is 12.3. The van der Waals surface area contributed by atoms with Gasteiger partial charge in [0.15, 0.2) is 0 Å².